The Kier molecular flexibility index (Phi) is 4.04. The first-order valence-electron chi connectivity index (χ1n) is 6.78. The van der Waals surface area contributed by atoms with Gasteiger partial charge in [-0.25, -0.2) is 0 Å². The second-order valence-corrected chi connectivity index (χ2v) is 5.95. The molecule has 1 aliphatic carbocycles. The van der Waals surface area contributed by atoms with Gasteiger partial charge in [0.2, 0.25) is 0 Å². The summed E-state index contributed by atoms with van der Waals surface area (Å²) in [6, 6.07) is 13.3. The van der Waals surface area contributed by atoms with Gasteiger partial charge in [0.25, 0.3) is 0 Å². The molecule has 1 atom stereocenters. The maximum atomic E-state index is 9.05. The zero-order valence-corrected chi connectivity index (χ0v) is 11.4. The van der Waals surface area contributed by atoms with Crippen LogP contribution in [0.15, 0.2) is 30.3 Å². The smallest absolute Gasteiger partial charge is 0.0871 e. The fourth-order valence-corrected chi connectivity index (χ4v) is 3.17. The fraction of sp³-hybridized carbons (Fsp3) is 0.562. The average Bonchev–Trinajstić information content (AvgIpc) is 2.70. The van der Waals surface area contributed by atoms with Gasteiger partial charge in [0, 0.05) is 12.6 Å². The molecule has 1 aliphatic rings. The molecule has 2 nitrogen and oxygen atoms in total. The Bertz CT molecular complexity index is 416. The molecule has 0 N–H and O–H groups in total. The monoisotopic (exact) mass is 242 g/mol. The first-order valence-corrected chi connectivity index (χ1v) is 6.78. The van der Waals surface area contributed by atoms with Gasteiger partial charge in [-0.3, -0.25) is 4.90 Å². The summed E-state index contributed by atoms with van der Waals surface area (Å²) >= 11 is 0. The highest BCUT2D eigenvalue weighted by Crippen LogP contribution is 2.40. The number of rotatable bonds is 4. The molecule has 2 rings (SSSR count). The molecule has 0 saturated heterocycles. The Morgan fingerprint density at radius 2 is 2.06 bits per heavy atom. The van der Waals surface area contributed by atoms with Gasteiger partial charge in [-0.2, -0.15) is 5.26 Å². The van der Waals surface area contributed by atoms with Crippen molar-refractivity contribution in [2.75, 3.05) is 6.54 Å². The largest absolute Gasteiger partial charge is 0.283 e. The van der Waals surface area contributed by atoms with Crippen molar-refractivity contribution in [1.29, 1.82) is 5.26 Å². The molecule has 0 bridgehead atoms. The van der Waals surface area contributed by atoms with Crippen molar-refractivity contribution in [2.24, 2.45) is 5.41 Å². The quantitative estimate of drug-likeness (QED) is 0.754. The minimum Gasteiger partial charge on any atom is -0.283 e. The third-order valence-electron chi connectivity index (χ3n) is 4.14. The molecule has 1 aromatic rings. The van der Waals surface area contributed by atoms with Gasteiger partial charge in [-0.1, -0.05) is 50.6 Å². The van der Waals surface area contributed by atoms with Crippen LogP contribution in [0.1, 0.15) is 38.7 Å². The van der Waals surface area contributed by atoms with E-state index in [1.807, 2.05) is 6.07 Å². The van der Waals surface area contributed by atoms with E-state index in [2.05, 4.69) is 49.1 Å². The molecule has 0 spiro atoms. The Balaban J connectivity index is 2.12. The maximum Gasteiger partial charge on any atom is 0.0871 e. The minimum atomic E-state index is 0.339. The minimum absolute atomic E-state index is 0.339. The molecule has 0 aliphatic heterocycles. The van der Waals surface area contributed by atoms with Crippen molar-refractivity contribution in [3.63, 3.8) is 0 Å². The summed E-state index contributed by atoms with van der Waals surface area (Å²) < 4.78 is 0. The summed E-state index contributed by atoms with van der Waals surface area (Å²) in [6.45, 7) is 6.09. The molecule has 0 aromatic heterocycles. The summed E-state index contributed by atoms with van der Waals surface area (Å²) in [7, 11) is 0. The highest BCUT2D eigenvalue weighted by Gasteiger charge is 2.38. The predicted octanol–water partition coefficient (Wildman–Crippen LogP) is 3.59. The van der Waals surface area contributed by atoms with Gasteiger partial charge in [-0.15, -0.1) is 0 Å². The molecule has 1 saturated carbocycles. The van der Waals surface area contributed by atoms with Crippen LogP contribution >= 0.6 is 0 Å². The van der Waals surface area contributed by atoms with E-state index >= 15 is 0 Å². The molecule has 0 unspecified atom stereocenters. The molecule has 1 fully saturated rings. The molecule has 1 aromatic carbocycles. The van der Waals surface area contributed by atoms with Crippen LogP contribution in [-0.4, -0.2) is 17.5 Å². The molecule has 18 heavy (non-hydrogen) atoms. The van der Waals surface area contributed by atoms with Crippen molar-refractivity contribution in [3.8, 4) is 6.07 Å². The maximum absolute atomic E-state index is 9.05. The van der Waals surface area contributed by atoms with E-state index in [1.165, 1.54) is 24.8 Å². The van der Waals surface area contributed by atoms with Gasteiger partial charge in [0.05, 0.1) is 12.6 Å². The Labute approximate surface area is 110 Å². The lowest BCUT2D eigenvalue weighted by Gasteiger charge is -2.36. The van der Waals surface area contributed by atoms with Gasteiger partial charge in [0.15, 0.2) is 0 Å². The number of nitrogens with zero attached hydrogens (tertiary/aromatic N) is 2. The highest BCUT2D eigenvalue weighted by atomic mass is 15.2. The fourth-order valence-electron chi connectivity index (χ4n) is 3.17. The third-order valence-corrected chi connectivity index (χ3v) is 4.14. The number of benzene rings is 1. The van der Waals surface area contributed by atoms with Gasteiger partial charge in [-0.05, 0) is 23.8 Å². The van der Waals surface area contributed by atoms with Crippen LogP contribution in [0.3, 0.4) is 0 Å². The molecule has 2 heteroatoms. The first-order chi connectivity index (χ1) is 8.63. The Hall–Kier alpha value is -1.33. The second kappa shape index (κ2) is 5.54. The van der Waals surface area contributed by atoms with Crippen LogP contribution in [0, 0.1) is 16.7 Å². The van der Waals surface area contributed by atoms with E-state index < -0.39 is 0 Å². The van der Waals surface area contributed by atoms with Crippen molar-refractivity contribution in [1.82, 2.24) is 4.90 Å². The normalized spacial score (nSPS) is 22.0. The number of nitriles is 1. The number of hydrogen-bond donors (Lipinski definition) is 0. The van der Waals surface area contributed by atoms with Crippen LogP contribution in [0.25, 0.3) is 0 Å². The van der Waals surface area contributed by atoms with E-state index in [0.29, 0.717) is 18.0 Å². The number of hydrogen-bond acceptors (Lipinski definition) is 2. The Morgan fingerprint density at radius 1 is 1.33 bits per heavy atom. The standard InChI is InChI=1S/C16H22N2/c1-16(2)10-6-9-15(16)18(12-11-17)13-14-7-4-3-5-8-14/h3-5,7-8,15H,6,9-10,12-13H2,1-2H3/t15-/m0/s1. The SMILES string of the molecule is CC1(C)CCC[C@@H]1N(CC#N)Cc1ccccc1. The lowest BCUT2D eigenvalue weighted by Crippen LogP contribution is -2.41. The molecule has 0 heterocycles. The van der Waals surface area contributed by atoms with Gasteiger partial charge >= 0.3 is 0 Å². The van der Waals surface area contributed by atoms with E-state index in [1.54, 1.807) is 0 Å². The highest BCUT2D eigenvalue weighted by molar-refractivity contribution is 5.15. The average molecular weight is 242 g/mol. The van der Waals surface area contributed by atoms with Gasteiger partial charge in [0.1, 0.15) is 0 Å². The van der Waals surface area contributed by atoms with Crippen LogP contribution in [-0.2, 0) is 6.54 Å². The summed E-state index contributed by atoms with van der Waals surface area (Å²) in [4.78, 5) is 2.35. The predicted molar refractivity (Wildman–Crippen MR) is 73.9 cm³/mol. The van der Waals surface area contributed by atoms with Crippen LogP contribution in [0.5, 0.6) is 0 Å². The van der Waals surface area contributed by atoms with E-state index in [9.17, 15) is 0 Å². The van der Waals surface area contributed by atoms with Crippen molar-refractivity contribution in [3.05, 3.63) is 35.9 Å². The lowest BCUT2D eigenvalue weighted by atomic mass is 9.86. The van der Waals surface area contributed by atoms with Crippen LogP contribution < -0.4 is 0 Å². The zero-order valence-electron chi connectivity index (χ0n) is 11.4. The summed E-state index contributed by atoms with van der Waals surface area (Å²) in [6.07, 6.45) is 3.78. The third kappa shape index (κ3) is 2.91. The summed E-state index contributed by atoms with van der Waals surface area (Å²) in [5.41, 5.74) is 1.64. The van der Waals surface area contributed by atoms with Gasteiger partial charge < -0.3 is 0 Å². The van der Waals surface area contributed by atoms with Crippen LogP contribution in [0.2, 0.25) is 0 Å². The molecular formula is C16H22N2. The zero-order chi connectivity index (χ0) is 13.0. The lowest BCUT2D eigenvalue weighted by molar-refractivity contribution is 0.120. The van der Waals surface area contributed by atoms with Crippen LogP contribution in [0.4, 0.5) is 0 Å². The second-order valence-electron chi connectivity index (χ2n) is 5.95. The van der Waals surface area contributed by atoms with Crippen molar-refractivity contribution >= 4 is 0 Å². The summed E-state index contributed by atoms with van der Waals surface area (Å²) in [5.74, 6) is 0. The van der Waals surface area contributed by atoms with Crippen molar-refractivity contribution < 1.29 is 0 Å². The Morgan fingerprint density at radius 3 is 2.61 bits per heavy atom. The molecule has 0 radical (unpaired) electrons. The summed E-state index contributed by atoms with van der Waals surface area (Å²) in [5, 5.41) is 9.05. The van der Waals surface area contributed by atoms with E-state index in [0.717, 1.165) is 6.54 Å². The van der Waals surface area contributed by atoms with Crippen molar-refractivity contribution in [2.45, 2.75) is 45.7 Å². The molecule has 0 amide bonds. The first kappa shape index (κ1) is 13.1. The molecule has 96 valence electrons. The van der Waals surface area contributed by atoms with E-state index in [-0.39, 0.29) is 0 Å². The van der Waals surface area contributed by atoms with E-state index in [4.69, 9.17) is 5.26 Å². The molecular weight excluding hydrogens is 220 g/mol. The topological polar surface area (TPSA) is 27.0 Å².